The predicted molar refractivity (Wildman–Crippen MR) is 67.7 cm³/mol. The van der Waals surface area contributed by atoms with Crippen molar-refractivity contribution in [2.45, 2.75) is 13.0 Å². The predicted octanol–water partition coefficient (Wildman–Crippen LogP) is 1.31. The topological polar surface area (TPSA) is 68.0 Å². The van der Waals surface area contributed by atoms with Crippen molar-refractivity contribution in [1.82, 2.24) is 10.3 Å². The van der Waals surface area contributed by atoms with Crippen molar-refractivity contribution < 1.29 is 4.79 Å². The fourth-order valence-corrected chi connectivity index (χ4v) is 1.56. The monoisotopic (exact) mass is 229 g/mol. The Morgan fingerprint density at radius 3 is 3.00 bits per heavy atom. The second-order valence-corrected chi connectivity index (χ2v) is 4.03. The maximum Gasteiger partial charge on any atom is 0.253 e. The molecule has 4 nitrogen and oxygen atoms in total. The molecular formula is C13H15N3O. The van der Waals surface area contributed by atoms with Crippen LogP contribution in [0.3, 0.4) is 0 Å². The van der Waals surface area contributed by atoms with Crippen LogP contribution >= 0.6 is 0 Å². The first-order valence-corrected chi connectivity index (χ1v) is 5.56. The van der Waals surface area contributed by atoms with Gasteiger partial charge in [-0.3, -0.25) is 9.78 Å². The van der Waals surface area contributed by atoms with E-state index in [1.807, 2.05) is 37.3 Å². The summed E-state index contributed by atoms with van der Waals surface area (Å²) < 4.78 is 0. The van der Waals surface area contributed by atoms with Crippen molar-refractivity contribution >= 4 is 16.8 Å². The summed E-state index contributed by atoms with van der Waals surface area (Å²) in [5.41, 5.74) is 6.90. The highest BCUT2D eigenvalue weighted by atomic mass is 16.1. The lowest BCUT2D eigenvalue weighted by molar-refractivity contribution is 0.0941. The van der Waals surface area contributed by atoms with Gasteiger partial charge in [0.25, 0.3) is 5.91 Å². The van der Waals surface area contributed by atoms with Crippen LogP contribution in [0.15, 0.2) is 36.5 Å². The lowest BCUT2D eigenvalue weighted by atomic mass is 10.1. The number of nitrogens with zero attached hydrogens (tertiary/aromatic N) is 1. The summed E-state index contributed by atoms with van der Waals surface area (Å²) in [5.74, 6) is -0.138. The van der Waals surface area contributed by atoms with Crippen LogP contribution in [0.4, 0.5) is 0 Å². The van der Waals surface area contributed by atoms with E-state index in [0.717, 1.165) is 10.9 Å². The fourth-order valence-electron chi connectivity index (χ4n) is 1.56. The Balaban J connectivity index is 2.27. The largest absolute Gasteiger partial charge is 0.348 e. The van der Waals surface area contributed by atoms with Crippen molar-refractivity contribution in [3.05, 3.63) is 42.1 Å². The molecule has 17 heavy (non-hydrogen) atoms. The highest BCUT2D eigenvalue weighted by Crippen LogP contribution is 2.12. The van der Waals surface area contributed by atoms with Gasteiger partial charge in [0, 0.05) is 24.2 Å². The molecule has 88 valence electrons. The first-order chi connectivity index (χ1) is 8.20. The number of nitrogens with one attached hydrogen (secondary N) is 1. The number of aromatic nitrogens is 1. The van der Waals surface area contributed by atoms with Crippen molar-refractivity contribution in [3.8, 4) is 0 Å². The van der Waals surface area contributed by atoms with Crippen LogP contribution in [-0.2, 0) is 0 Å². The number of nitrogens with two attached hydrogens (primary N) is 1. The van der Waals surface area contributed by atoms with Crippen molar-refractivity contribution in [2.75, 3.05) is 6.54 Å². The summed E-state index contributed by atoms with van der Waals surface area (Å²) in [6, 6.07) is 9.50. The van der Waals surface area contributed by atoms with Crippen LogP contribution in [0, 0.1) is 0 Å². The van der Waals surface area contributed by atoms with E-state index in [9.17, 15) is 4.79 Å². The first kappa shape index (κ1) is 11.5. The number of carbonyl (C=O) groups is 1. The molecule has 0 saturated heterocycles. The average molecular weight is 229 g/mol. The summed E-state index contributed by atoms with van der Waals surface area (Å²) in [6.07, 6.45) is 1.58. The molecule has 1 aromatic heterocycles. The van der Waals surface area contributed by atoms with Crippen molar-refractivity contribution in [2.24, 2.45) is 5.73 Å². The molecule has 2 aromatic rings. The Kier molecular flexibility index (Phi) is 3.35. The Hall–Kier alpha value is -1.94. The van der Waals surface area contributed by atoms with Crippen LogP contribution < -0.4 is 11.1 Å². The van der Waals surface area contributed by atoms with E-state index < -0.39 is 0 Å². The van der Waals surface area contributed by atoms with E-state index in [1.165, 1.54) is 0 Å². The Morgan fingerprint density at radius 1 is 1.47 bits per heavy atom. The molecule has 0 fully saturated rings. The molecule has 1 amide bonds. The van der Waals surface area contributed by atoms with Crippen molar-refractivity contribution in [1.29, 1.82) is 0 Å². The third kappa shape index (κ3) is 2.60. The number of hydrogen-bond donors (Lipinski definition) is 2. The highest BCUT2D eigenvalue weighted by molar-refractivity contribution is 5.97. The summed E-state index contributed by atoms with van der Waals surface area (Å²) in [6.45, 7) is 2.29. The van der Waals surface area contributed by atoms with E-state index in [2.05, 4.69) is 10.3 Å². The van der Waals surface area contributed by atoms with Gasteiger partial charge in [0.15, 0.2) is 0 Å². The molecule has 0 saturated carbocycles. The fraction of sp³-hybridized carbons (Fsp3) is 0.231. The quantitative estimate of drug-likeness (QED) is 0.833. The summed E-state index contributed by atoms with van der Waals surface area (Å²) in [7, 11) is 0. The molecule has 0 bridgehead atoms. The lowest BCUT2D eigenvalue weighted by Crippen LogP contribution is -2.37. The maximum absolute atomic E-state index is 11.9. The summed E-state index contributed by atoms with van der Waals surface area (Å²) in [4.78, 5) is 16.1. The van der Waals surface area contributed by atoms with E-state index in [4.69, 9.17) is 5.73 Å². The number of amides is 1. The number of carbonyl (C=O) groups excluding carboxylic acids is 1. The minimum Gasteiger partial charge on any atom is -0.348 e. The molecule has 0 aliphatic carbocycles. The smallest absolute Gasteiger partial charge is 0.253 e. The third-order valence-corrected chi connectivity index (χ3v) is 2.58. The van der Waals surface area contributed by atoms with Gasteiger partial charge in [-0.2, -0.15) is 0 Å². The molecule has 0 aliphatic heterocycles. The lowest BCUT2D eigenvalue weighted by Gasteiger charge is -2.11. The highest BCUT2D eigenvalue weighted by Gasteiger charge is 2.09. The third-order valence-electron chi connectivity index (χ3n) is 2.58. The van der Waals surface area contributed by atoms with Gasteiger partial charge in [0.1, 0.15) is 0 Å². The number of hydrogen-bond acceptors (Lipinski definition) is 3. The van der Waals surface area contributed by atoms with E-state index >= 15 is 0 Å². The molecular weight excluding hydrogens is 214 g/mol. The van der Waals surface area contributed by atoms with Crippen LogP contribution in [0.5, 0.6) is 0 Å². The molecule has 4 heteroatoms. The zero-order chi connectivity index (χ0) is 12.3. The first-order valence-electron chi connectivity index (χ1n) is 5.56. The number of pyridine rings is 1. The molecule has 1 heterocycles. The van der Waals surface area contributed by atoms with Gasteiger partial charge in [-0.15, -0.1) is 0 Å². The van der Waals surface area contributed by atoms with E-state index in [0.29, 0.717) is 12.1 Å². The number of rotatable bonds is 3. The Labute approximate surface area is 99.8 Å². The molecule has 0 radical (unpaired) electrons. The van der Waals surface area contributed by atoms with E-state index in [-0.39, 0.29) is 11.9 Å². The van der Waals surface area contributed by atoms with Crippen molar-refractivity contribution in [3.63, 3.8) is 0 Å². The molecule has 0 aliphatic rings. The Morgan fingerprint density at radius 2 is 2.24 bits per heavy atom. The van der Waals surface area contributed by atoms with Gasteiger partial charge < -0.3 is 11.1 Å². The van der Waals surface area contributed by atoms with Crippen LogP contribution in [0.1, 0.15) is 17.3 Å². The SMILES string of the molecule is C[C@H](CN)NC(=O)c1cnc2ccccc2c1. The maximum atomic E-state index is 11.9. The molecule has 1 atom stereocenters. The van der Waals surface area contributed by atoms with Gasteiger partial charge in [0.05, 0.1) is 11.1 Å². The molecule has 0 unspecified atom stereocenters. The number of para-hydroxylation sites is 1. The zero-order valence-corrected chi connectivity index (χ0v) is 9.68. The van der Waals surface area contributed by atoms with E-state index in [1.54, 1.807) is 6.20 Å². The number of benzene rings is 1. The second kappa shape index (κ2) is 4.93. The molecule has 0 spiro atoms. The van der Waals surface area contributed by atoms with Gasteiger partial charge >= 0.3 is 0 Å². The van der Waals surface area contributed by atoms with Gasteiger partial charge in [0.2, 0.25) is 0 Å². The normalized spacial score (nSPS) is 12.4. The van der Waals surface area contributed by atoms with Crippen LogP contribution in [-0.4, -0.2) is 23.5 Å². The molecule has 3 N–H and O–H groups in total. The molecule has 2 rings (SSSR count). The average Bonchev–Trinajstić information content (AvgIpc) is 2.38. The zero-order valence-electron chi connectivity index (χ0n) is 9.68. The van der Waals surface area contributed by atoms with Gasteiger partial charge in [-0.1, -0.05) is 18.2 Å². The van der Waals surface area contributed by atoms with Gasteiger partial charge in [-0.05, 0) is 19.1 Å². The number of fused-ring (bicyclic) bond motifs is 1. The summed E-state index contributed by atoms with van der Waals surface area (Å²) >= 11 is 0. The Bertz CT molecular complexity index is 539. The minimum absolute atomic E-state index is 0.0334. The van der Waals surface area contributed by atoms with Crippen LogP contribution in [0.25, 0.3) is 10.9 Å². The second-order valence-electron chi connectivity index (χ2n) is 4.03. The van der Waals surface area contributed by atoms with Crippen LogP contribution in [0.2, 0.25) is 0 Å². The minimum atomic E-state index is -0.138. The summed E-state index contributed by atoms with van der Waals surface area (Å²) in [5, 5.41) is 3.77. The van der Waals surface area contributed by atoms with Gasteiger partial charge in [-0.25, -0.2) is 0 Å². The molecule has 1 aromatic carbocycles. The standard InChI is InChI=1S/C13H15N3O/c1-9(7-14)16-13(17)11-6-10-4-2-3-5-12(10)15-8-11/h2-6,8-9H,7,14H2,1H3,(H,16,17)/t9-/m1/s1.